The van der Waals surface area contributed by atoms with Crippen molar-refractivity contribution in [3.8, 4) is 0 Å². The van der Waals surface area contributed by atoms with Crippen LogP contribution >= 0.6 is 0 Å². The number of benzene rings is 1. The Bertz CT molecular complexity index is 721. The van der Waals surface area contributed by atoms with Gasteiger partial charge in [0.25, 0.3) is 5.91 Å². The fraction of sp³-hybridized carbons (Fsp3) is 0.200. The van der Waals surface area contributed by atoms with Gasteiger partial charge in [0, 0.05) is 23.1 Å². The Hall–Kier alpha value is -2.56. The number of amides is 1. The van der Waals surface area contributed by atoms with Crippen LogP contribution < -0.4 is 5.32 Å². The smallest absolute Gasteiger partial charge is 0.272 e. The first-order valence-corrected chi connectivity index (χ1v) is 6.57. The second-order valence-corrected chi connectivity index (χ2v) is 5.03. The molecule has 0 saturated carbocycles. The first kappa shape index (κ1) is 12.5. The van der Waals surface area contributed by atoms with Gasteiger partial charge in [0.05, 0.1) is 11.9 Å². The number of rotatable bonds is 3. The molecular formula is C15H16N4O. The molecule has 2 heterocycles. The molecule has 0 unspecified atom stereocenters. The molecule has 0 radical (unpaired) electrons. The predicted octanol–water partition coefficient (Wildman–Crippen LogP) is 3.20. The average Bonchev–Trinajstić information content (AvgIpc) is 3.04. The molecule has 0 aliphatic rings. The standard InChI is InChI=1S/C15H16N4O/c1-10(2)19-9-12(8-16-19)17-15(20)14-7-11-5-3-4-6-13(11)18-14/h3-10,18H,1-2H3,(H,17,20). The quantitative estimate of drug-likeness (QED) is 0.766. The largest absolute Gasteiger partial charge is 0.351 e. The summed E-state index contributed by atoms with van der Waals surface area (Å²) in [4.78, 5) is 15.3. The molecule has 2 N–H and O–H groups in total. The molecular weight excluding hydrogens is 252 g/mol. The van der Waals surface area contributed by atoms with E-state index < -0.39 is 0 Å². The number of nitrogens with one attached hydrogen (secondary N) is 2. The molecule has 5 nitrogen and oxygen atoms in total. The number of anilines is 1. The molecule has 1 aromatic carbocycles. The van der Waals surface area contributed by atoms with Crippen LogP contribution in [0, 0.1) is 0 Å². The fourth-order valence-corrected chi connectivity index (χ4v) is 2.08. The molecule has 0 aliphatic carbocycles. The highest BCUT2D eigenvalue weighted by Gasteiger charge is 2.11. The van der Waals surface area contributed by atoms with Crippen molar-refractivity contribution in [2.75, 3.05) is 5.32 Å². The third-order valence-electron chi connectivity index (χ3n) is 3.16. The second-order valence-electron chi connectivity index (χ2n) is 5.03. The fourth-order valence-electron chi connectivity index (χ4n) is 2.08. The molecule has 2 aromatic heterocycles. The maximum absolute atomic E-state index is 12.2. The van der Waals surface area contributed by atoms with Gasteiger partial charge in [-0.15, -0.1) is 0 Å². The van der Waals surface area contributed by atoms with Crippen molar-refractivity contribution >= 4 is 22.5 Å². The van der Waals surface area contributed by atoms with E-state index in [0.717, 1.165) is 10.9 Å². The summed E-state index contributed by atoms with van der Waals surface area (Å²) >= 11 is 0. The van der Waals surface area contributed by atoms with Crippen LogP contribution in [0.15, 0.2) is 42.7 Å². The van der Waals surface area contributed by atoms with Crippen LogP contribution in [-0.4, -0.2) is 20.7 Å². The van der Waals surface area contributed by atoms with E-state index in [0.29, 0.717) is 11.4 Å². The zero-order valence-electron chi connectivity index (χ0n) is 11.4. The first-order valence-electron chi connectivity index (χ1n) is 6.57. The lowest BCUT2D eigenvalue weighted by atomic mass is 10.2. The van der Waals surface area contributed by atoms with E-state index in [1.807, 2.05) is 50.4 Å². The van der Waals surface area contributed by atoms with Gasteiger partial charge in [-0.3, -0.25) is 9.48 Å². The van der Waals surface area contributed by atoms with Crippen molar-refractivity contribution in [2.24, 2.45) is 0 Å². The highest BCUT2D eigenvalue weighted by Crippen LogP contribution is 2.16. The number of fused-ring (bicyclic) bond motifs is 1. The minimum absolute atomic E-state index is 0.162. The summed E-state index contributed by atoms with van der Waals surface area (Å²) in [5.41, 5.74) is 2.20. The van der Waals surface area contributed by atoms with Crippen LogP contribution in [0.5, 0.6) is 0 Å². The van der Waals surface area contributed by atoms with Gasteiger partial charge in [0.2, 0.25) is 0 Å². The molecule has 102 valence electrons. The topological polar surface area (TPSA) is 62.7 Å². The number of carbonyl (C=O) groups is 1. The van der Waals surface area contributed by atoms with E-state index in [1.165, 1.54) is 0 Å². The van der Waals surface area contributed by atoms with Gasteiger partial charge in [-0.2, -0.15) is 5.10 Å². The van der Waals surface area contributed by atoms with Crippen LogP contribution in [0.2, 0.25) is 0 Å². The molecule has 20 heavy (non-hydrogen) atoms. The zero-order chi connectivity index (χ0) is 14.1. The Balaban J connectivity index is 1.81. The van der Waals surface area contributed by atoms with Gasteiger partial charge < -0.3 is 10.3 Å². The predicted molar refractivity (Wildman–Crippen MR) is 78.9 cm³/mol. The third-order valence-corrected chi connectivity index (χ3v) is 3.16. The lowest BCUT2D eigenvalue weighted by Crippen LogP contribution is -2.11. The summed E-state index contributed by atoms with van der Waals surface area (Å²) in [6.45, 7) is 4.08. The number of hydrogen-bond donors (Lipinski definition) is 2. The summed E-state index contributed by atoms with van der Waals surface area (Å²) in [5, 5.41) is 8.06. The van der Waals surface area contributed by atoms with Crippen molar-refractivity contribution in [1.82, 2.24) is 14.8 Å². The molecule has 3 aromatic rings. The van der Waals surface area contributed by atoms with Crippen LogP contribution in [0.4, 0.5) is 5.69 Å². The van der Waals surface area contributed by atoms with E-state index >= 15 is 0 Å². The monoisotopic (exact) mass is 268 g/mol. The molecule has 0 fully saturated rings. The summed E-state index contributed by atoms with van der Waals surface area (Å²) in [6.07, 6.45) is 3.48. The van der Waals surface area contributed by atoms with Crippen molar-refractivity contribution in [1.29, 1.82) is 0 Å². The Morgan fingerprint density at radius 1 is 1.35 bits per heavy atom. The number of H-pyrrole nitrogens is 1. The molecule has 0 spiro atoms. The SMILES string of the molecule is CC(C)n1cc(NC(=O)c2cc3ccccc3[nH]2)cn1. The molecule has 1 amide bonds. The lowest BCUT2D eigenvalue weighted by molar-refractivity contribution is 0.102. The van der Waals surface area contributed by atoms with Gasteiger partial charge in [0.1, 0.15) is 5.69 Å². The number of aromatic amines is 1. The molecule has 5 heteroatoms. The number of para-hydroxylation sites is 1. The minimum Gasteiger partial charge on any atom is -0.351 e. The van der Waals surface area contributed by atoms with Gasteiger partial charge in [0.15, 0.2) is 0 Å². The van der Waals surface area contributed by atoms with Crippen molar-refractivity contribution in [3.05, 3.63) is 48.4 Å². The van der Waals surface area contributed by atoms with E-state index in [9.17, 15) is 4.79 Å². The summed E-state index contributed by atoms with van der Waals surface area (Å²) < 4.78 is 1.81. The molecule has 0 bridgehead atoms. The van der Waals surface area contributed by atoms with Gasteiger partial charge >= 0.3 is 0 Å². The van der Waals surface area contributed by atoms with Crippen molar-refractivity contribution < 1.29 is 4.79 Å². The Morgan fingerprint density at radius 2 is 2.15 bits per heavy atom. The maximum atomic E-state index is 12.2. The summed E-state index contributed by atoms with van der Waals surface area (Å²) in [5.74, 6) is -0.162. The van der Waals surface area contributed by atoms with Crippen LogP contribution in [0.1, 0.15) is 30.4 Å². The average molecular weight is 268 g/mol. The van der Waals surface area contributed by atoms with Gasteiger partial charge in [-0.25, -0.2) is 0 Å². The number of carbonyl (C=O) groups excluding carboxylic acids is 1. The Kier molecular flexibility index (Phi) is 3.02. The summed E-state index contributed by atoms with van der Waals surface area (Å²) in [7, 11) is 0. The summed E-state index contributed by atoms with van der Waals surface area (Å²) in [6, 6.07) is 9.92. The van der Waals surface area contributed by atoms with E-state index in [2.05, 4.69) is 15.4 Å². The second kappa shape index (κ2) is 4.85. The normalized spacial score (nSPS) is 11.2. The van der Waals surface area contributed by atoms with E-state index in [-0.39, 0.29) is 11.9 Å². The highest BCUT2D eigenvalue weighted by atomic mass is 16.1. The molecule has 0 saturated heterocycles. The van der Waals surface area contributed by atoms with E-state index in [4.69, 9.17) is 0 Å². The number of aromatic nitrogens is 3. The van der Waals surface area contributed by atoms with Crippen LogP contribution in [0.25, 0.3) is 10.9 Å². The Labute approximate surface area is 116 Å². The lowest BCUT2D eigenvalue weighted by Gasteiger charge is -2.03. The van der Waals surface area contributed by atoms with Crippen LogP contribution in [-0.2, 0) is 0 Å². The van der Waals surface area contributed by atoms with Crippen LogP contribution in [0.3, 0.4) is 0 Å². The molecule has 0 atom stereocenters. The maximum Gasteiger partial charge on any atom is 0.272 e. The van der Waals surface area contributed by atoms with Crippen molar-refractivity contribution in [3.63, 3.8) is 0 Å². The highest BCUT2D eigenvalue weighted by molar-refractivity contribution is 6.05. The minimum atomic E-state index is -0.162. The molecule has 3 rings (SSSR count). The Morgan fingerprint density at radius 3 is 2.85 bits per heavy atom. The third kappa shape index (κ3) is 2.30. The molecule has 0 aliphatic heterocycles. The van der Waals surface area contributed by atoms with Gasteiger partial charge in [-0.05, 0) is 26.0 Å². The van der Waals surface area contributed by atoms with E-state index in [1.54, 1.807) is 10.9 Å². The van der Waals surface area contributed by atoms with Gasteiger partial charge in [-0.1, -0.05) is 18.2 Å². The number of nitrogens with zero attached hydrogens (tertiary/aromatic N) is 2. The number of hydrogen-bond acceptors (Lipinski definition) is 2. The first-order chi connectivity index (χ1) is 9.63. The van der Waals surface area contributed by atoms with Crippen molar-refractivity contribution in [2.45, 2.75) is 19.9 Å². The zero-order valence-corrected chi connectivity index (χ0v) is 11.4.